The summed E-state index contributed by atoms with van der Waals surface area (Å²) in [7, 11) is 0. The monoisotopic (exact) mass is 364 g/mol. The van der Waals surface area contributed by atoms with Gasteiger partial charge in [-0.3, -0.25) is 4.79 Å². The van der Waals surface area contributed by atoms with Gasteiger partial charge in [0, 0.05) is 18.3 Å². The van der Waals surface area contributed by atoms with E-state index in [1.165, 1.54) is 16.7 Å². The molecule has 28 heavy (non-hydrogen) atoms. The highest BCUT2D eigenvalue weighted by molar-refractivity contribution is 5.94. The van der Waals surface area contributed by atoms with E-state index in [0.717, 1.165) is 11.1 Å². The van der Waals surface area contributed by atoms with Gasteiger partial charge in [0.15, 0.2) is 0 Å². The van der Waals surface area contributed by atoms with Crippen molar-refractivity contribution in [2.24, 2.45) is 11.8 Å². The summed E-state index contributed by atoms with van der Waals surface area (Å²) in [6.07, 6.45) is 7.07. The molecule has 1 aliphatic rings. The number of Topliss-reactive ketones (excluding diaryl/α,β-unsaturated/α-hetero) is 1. The third-order valence-corrected chi connectivity index (χ3v) is 5.50. The van der Waals surface area contributed by atoms with Gasteiger partial charge in [-0.15, -0.1) is 0 Å². The summed E-state index contributed by atoms with van der Waals surface area (Å²) in [5.74, 6) is 0.269. The van der Waals surface area contributed by atoms with Crippen LogP contribution in [0.25, 0.3) is 17.7 Å². The molecule has 0 bridgehead atoms. The van der Waals surface area contributed by atoms with Gasteiger partial charge in [0.2, 0.25) is 0 Å². The zero-order valence-electron chi connectivity index (χ0n) is 16.1. The number of carbonyl (C=O) groups is 1. The minimum atomic E-state index is -0.0835. The lowest BCUT2D eigenvalue weighted by Gasteiger charge is -2.28. The average molecular weight is 364 g/mol. The molecule has 138 valence electrons. The molecule has 1 heteroatoms. The second-order valence-corrected chi connectivity index (χ2v) is 7.40. The Morgan fingerprint density at radius 2 is 1.54 bits per heavy atom. The van der Waals surface area contributed by atoms with Crippen molar-refractivity contribution in [1.29, 1.82) is 0 Å². The number of hydrogen-bond donors (Lipinski definition) is 0. The molecule has 0 spiro atoms. The van der Waals surface area contributed by atoms with Crippen molar-refractivity contribution >= 4 is 23.5 Å². The maximum atomic E-state index is 13.1. The fraction of sp³-hybridized carbons (Fsp3) is 0.148. The van der Waals surface area contributed by atoms with Crippen LogP contribution in [-0.4, -0.2) is 5.78 Å². The molecule has 0 radical (unpaired) electrons. The Labute approximate surface area is 167 Å². The first-order valence-electron chi connectivity index (χ1n) is 9.83. The molecule has 0 heterocycles. The van der Waals surface area contributed by atoms with Crippen LogP contribution in [0.5, 0.6) is 0 Å². The summed E-state index contributed by atoms with van der Waals surface area (Å²) in [5, 5.41) is 0. The summed E-state index contributed by atoms with van der Waals surface area (Å²) in [6, 6.07) is 28.8. The van der Waals surface area contributed by atoms with Crippen LogP contribution in [0, 0.1) is 11.8 Å². The molecule has 3 aromatic carbocycles. The maximum Gasteiger partial charge on any atom is 0.140 e. The molecular weight excluding hydrogens is 340 g/mol. The lowest BCUT2D eigenvalue weighted by molar-refractivity contribution is -0.122. The van der Waals surface area contributed by atoms with Crippen LogP contribution < -0.4 is 0 Å². The SMILES string of the molecule is CC(C(=O)Cc1ccccc1)C1C=Cc2ccccc2/C1=C\c1ccccc1. The van der Waals surface area contributed by atoms with E-state index >= 15 is 0 Å². The molecule has 0 aromatic heterocycles. The summed E-state index contributed by atoms with van der Waals surface area (Å²) in [5.41, 5.74) is 5.89. The summed E-state index contributed by atoms with van der Waals surface area (Å²) in [6.45, 7) is 2.06. The summed E-state index contributed by atoms with van der Waals surface area (Å²) in [4.78, 5) is 13.1. The maximum absolute atomic E-state index is 13.1. The van der Waals surface area contributed by atoms with E-state index in [-0.39, 0.29) is 17.6 Å². The van der Waals surface area contributed by atoms with Gasteiger partial charge in [-0.25, -0.2) is 0 Å². The van der Waals surface area contributed by atoms with Gasteiger partial charge in [-0.2, -0.15) is 0 Å². The number of fused-ring (bicyclic) bond motifs is 1. The van der Waals surface area contributed by atoms with Gasteiger partial charge < -0.3 is 0 Å². The van der Waals surface area contributed by atoms with E-state index in [4.69, 9.17) is 0 Å². The molecule has 2 unspecified atom stereocenters. The molecule has 1 aliphatic carbocycles. The summed E-state index contributed by atoms with van der Waals surface area (Å²) >= 11 is 0. The van der Waals surface area contributed by atoms with Crippen molar-refractivity contribution in [3.05, 3.63) is 113 Å². The Balaban J connectivity index is 1.68. The highest BCUT2D eigenvalue weighted by Crippen LogP contribution is 2.39. The van der Waals surface area contributed by atoms with Gasteiger partial charge in [0.05, 0.1) is 0 Å². The first-order valence-corrected chi connectivity index (χ1v) is 9.83. The Morgan fingerprint density at radius 1 is 0.893 bits per heavy atom. The molecule has 0 aliphatic heterocycles. The quantitative estimate of drug-likeness (QED) is 0.518. The number of carbonyl (C=O) groups excluding carboxylic acids is 1. The fourth-order valence-corrected chi connectivity index (χ4v) is 3.89. The van der Waals surface area contributed by atoms with E-state index in [1.807, 2.05) is 36.4 Å². The van der Waals surface area contributed by atoms with Crippen molar-refractivity contribution in [2.45, 2.75) is 13.3 Å². The van der Waals surface area contributed by atoms with Crippen LogP contribution in [0.2, 0.25) is 0 Å². The van der Waals surface area contributed by atoms with E-state index < -0.39 is 0 Å². The zero-order valence-corrected chi connectivity index (χ0v) is 16.1. The lowest BCUT2D eigenvalue weighted by Crippen LogP contribution is -2.24. The molecule has 0 saturated carbocycles. The molecule has 0 saturated heterocycles. The first-order chi connectivity index (χ1) is 13.7. The van der Waals surface area contributed by atoms with Crippen molar-refractivity contribution in [3.8, 4) is 0 Å². The number of ketones is 1. The standard InChI is InChI=1S/C27H24O/c1-20(27(28)19-22-12-6-3-7-13-22)24-17-16-23-14-8-9-15-25(23)26(24)18-21-10-4-2-5-11-21/h2-18,20,24H,19H2,1H3/b26-18-. The van der Waals surface area contributed by atoms with Crippen LogP contribution in [-0.2, 0) is 11.2 Å². The van der Waals surface area contributed by atoms with Gasteiger partial charge in [-0.1, -0.05) is 110 Å². The lowest BCUT2D eigenvalue weighted by atomic mass is 9.75. The first kappa shape index (κ1) is 18.2. The Bertz CT molecular complexity index is 1010. The predicted octanol–water partition coefficient (Wildman–Crippen LogP) is 6.32. The molecule has 0 amide bonds. The number of allylic oxidation sites excluding steroid dienone is 2. The average Bonchev–Trinajstić information content (AvgIpc) is 2.75. The minimum Gasteiger partial charge on any atom is -0.299 e. The van der Waals surface area contributed by atoms with Gasteiger partial charge >= 0.3 is 0 Å². The van der Waals surface area contributed by atoms with Gasteiger partial charge in [0.25, 0.3) is 0 Å². The fourth-order valence-electron chi connectivity index (χ4n) is 3.89. The Hall–Kier alpha value is -3.19. The van der Waals surface area contributed by atoms with Crippen LogP contribution in [0.15, 0.2) is 91.0 Å². The van der Waals surface area contributed by atoms with Crippen LogP contribution in [0.1, 0.15) is 29.2 Å². The van der Waals surface area contributed by atoms with Crippen molar-refractivity contribution in [1.82, 2.24) is 0 Å². The summed E-state index contributed by atoms with van der Waals surface area (Å²) < 4.78 is 0. The highest BCUT2D eigenvalue weighted by atomic mass is 16.1. The second kappa shape index (κ2) is 8.22. The number of hydrogen-bond acceptors (Lipinski definition) is 1. The zero-order chi connectivity index (χ0) is 19.3. The van der Waals surface area contributed by atoms with E-state index in [9.17, 15) is 4.79 Å². The largest absolute Gasteiger partial charge is 0.299 e. The third-order valence-electron chi connectivity index (χ3n) is 5.50. The number of rotatable bonds is 5. The molecule has 0 fully saturated rings. The third kappa shape index (κ3) is 3.89. The number of benzene rings is 3. The van der Waals surface area contributed by atoms with Crippen molar-refractivity contribution in [2.75, 3.05) is 0 Å². The van der Waals surface area contributed by atoms with Crippen LogP contribution in [0.4, 0.5) is 0 Å². The minimum absolute atomic E-state index is 0.0753. The molecular formula is C27H24O. The highest BCUT2D eigenvalue weighted by Gasteiger charge is 2.28. The topological polar surface area (TPSA) is 17.1 Å². The van der Waals surface area contributed by atoms with E-state index in [0.29, 0.717) is 6.42 Å². The van der Waals surface area contributed by atoms with Gasteiger partial charge in [0.1, 0.15) is 5.78 Å². The van der Waals surface area contributed by atoms with E-state index in [1.54, 1.807) is 0 Å². The Morgan fingerprint density at radius 3 is 2.29 bits per heavy atom. The van der Waals surface area contributed by atoms with Crippen LogP contribution in [0.3, 0.4) is 0 Å². The molecule has 3 aromatic rings. The van der Waals surface area contributed by atoms with Crippen molar-refractivity contribution < 1.29 is 4.79 Å². The molecule has 0 N–H and O–H groups in total. The van der Waals surface area contributed by atoms with Crippen LogP contribution >= 0.6 is 0 Å². The second-order valence-electron chi connectivity index (χ2n) is 7.40. The molecule has 1 nitrogen and oxygen atoms in total. The van der Waals surface area contributed by atoms with Gasteiger partial charge in [-0.05, 0) is 27.8 Å². The molecule has 4 rings (SSSR count). The normalized spacial score (nSPS) is 17.9. The van der Waals surface area contributed by atoms with Crippen molar-refractivity contribution in [3.63, 3.8) is 0 Å². The smallest absolute Gasteiger partial charge is 0.140 e. The predicted molar refractivity (Wildman–Crippen MR) is 118 cm³/mol. The Kier molecular flexibility index (Phi) is 5.34. The molecule has 2 atom stereocenters. The van der Waals surface area contributed by atoms with E-state index in [2.05, 4.69) is 73.7 Å².